The van der Waals surface area contributed by atoms with Crippen molar-refractivity contribution in [3.8, 4) is 5.75 Å². The Bertz CT molecular complexity index is 1180. The van der Waals surface area contributed by atoms with Crippen molar-refractivity contribution in [2.24, 2.45) is 0 Å². The molecule has 7 nitrogen and oxygen atoms in total. The summed E-state index contributed by atoms with van der Waals surface area (Å²) in [4.78, 5) is 39.8. The van der Waals surface area contributed by atoms with Crippen LogP contribution in [-0.2, 0) is 19.4 Å². The van der Waals surface area contributed by atoms with Gasteiger partial charge in [0.25, 0.3) is 11.5 Å². The van der Waals surface area contributed by atoms with Crippen LogP contribution in [0.25, 0.3) is 10.2 Å². The number of thiophene rings is 1. The van der Waals surface area contributed by atoms with Crippen LogP contribution < -0.4 is 10.3 Å². The predicted molar refractivity (Wildman–Crippen MR) is 121 cm³/mol. The van der Waals surface area contributed by atoms with Crippen LogP contribution in [0.15, 0.2) is 29.1 Å². The van der Waals surface area contributed by atoms with Crippen LogP contribution in [0.1, 0.15) is 39.5 Å². The van der Waals surface area contributed by atoms with Gasteiger partial charge in [0, 0.05) is 31.1 Å². The standard InChI is InChI=1S/C23H26N4O3S/c1-30-17-8-4-2-6-15(17)23(29)27-12-10-26(11-13-27)14-19-24-21(28)20-16-7-3-5-9-18(16)31-22(20)25-19/h2,4,6,8H,3,5,7,9-14H2,1H3,(H,24,25,28). The Balaban J connectivity index is 1.27. The van der Waals surface area contributed by atoms with Gasteiger partial charge in [0.2, 0.25) is 0 Å². The molecule has 1 aliphatic heterocycles. The van der Waals surface area contributed by atoms with Gasteiger partial charge in [0.05, 0.1) is 24.6 Å². The summed E-state index contributed by atoms with van der Waals surface area (Å²) in [6.45, 7) is 3.34. The van der Waals surface area contributed by atoms with E-state index in [1.165, 1.54) is 16.9 Å². The van der Waals surface area contributed by atoms with E-state index in [9.17, 15) is 9.59 Å². The maximum Gasteiger partial charge on any atom is 0.259 e. The van der Waals surface area contributed by atoms with Gasteiger partial charge in [0.1, 0.15) is 16.4 Å². The van der Waals surface area contributed by atoms with Crippen LogP contribution in [0.3, 0.4) is 0 Å². The Morgan fingerprint density at radius 2 is 1.94 bits per heavy atom. The fourth-order valence-electron chi connectivity index (χ4n) is 4.60. The zero-order chi connectivity index (χ0) is 21.4. The molecule has 5 rings (SSSR count). The number of piperazine rings is 1. The van der Waals surface area contributed by atoms with Crippen molar-refractivity contribution < 1.29 is 9.53 Å². The number of nitrogens with one attached hydrogen (secondary N) is 1. The molecule has 1 aliphatic carbocycles. The molecule has 1 amide bonds. The number of aromatic amines is 1. The lowest BCUT2D eigenvalue weighted by atomic mass is 9.97. The maximum atomic E-state index is 12.9. The summed E-state index contributed by atoms with van der Waals surface area (Å²) in [6, 6.07) is 7.33. The van der Waals surface area contributed by atoms with Crippen LogP contribution in [-0.4, -0.2) is 59.0 Å². The molecule has 0 saturated carbocycles. The Kier molecular flexibility index (Phi) is 5.50. The second-order valence-corrected chi connectivity index (χ2v) is 9.26. The number of fused-ring (bicyclic) bond motifs is 3. The van der Waals surface area contributed by atoms with Gasteiger partial charge in [-0.3, -0.25) is 14.5 Å². The average Bonchev–Trinajstić information content (AvgIpc) is 3.18. The fraction of sp³-hybridized carbons (Fsp3) is 0.435. The quantitative estimate of drug-likeness (QED) is 0.678. The topological polar surface area (TPSA) is 78.5 Å². The minimum atomic E-state index is -0.00983. The minimum Gasteiger partial charge on any atom is -0.496 e. The van der Waals surface area contributed by atoms with E-state index in [-0.39, 0.29) is 11.5 Å². The summed E-state index contributed by atoms with van der Waals surface area (Å²) in [7, 11) is 1.58. The molecule has 1 aromatic carbocycles. The number of carbonyl (C=O) groups is 1. The van der Waals surface area contributed by atoms with Gasteiger partial charge >= 0.3 is 0 Å². The molecule has 2 aliphatic rings. The summed E-state index contributed by atoms with van der Waals surface area (Å²) < 4.78 is 5.33. The van der Waals surface area contributed by atoms with Crippen LogP contribution in [0.5, 0.6) is 5.75 Å². The number of benzene rings is 1. The third-order valence-electron chi connectivity index (χ3n) is 6.24. The summed E-state index contributed by atoms with van der Waals surface area (Å²) in [6.07, 6.45) is 4.40. The number of aryl methyl sites for hydroxylation is 2. The van der Waals surface area contributed by atoms with Gasteiger partial charge < -0.3 is 14.6 Å². The van der Waals surface area contributed by atoms with Crippen molar-refractivity contribution in [3.05, 3.63) is 56.4 Å². The molecule has 0 atom stereocenters. The third-order valence-corrected chi connectivity index (χ3v) is 7.43. The molecule has 0 radical (unpaired) electrons. The maximum absolute atomic E-state index is 12.9. The summed E-state index contributed by atoms with van der Waals surface area (Å²) in [5.74, 6) is 1.30. The van der Waals surface area contributed by atoms with Crippen molar-refractivity contribution >= 4 is 27.5 Å². The highest BCUT2D eigenvalue weighted by molar-refractivity contribution is 7.18. The van der Waals surface area contributed by atoms with E-state index >= 15 is 0 Å². The molecule has 162 valence electrons. The van der Waals surface area contributed by atoms with Gasteiger partial charge in [-0.05, 0) is 43.4 Å². The van der Waals surface area contributed by atoms with E-state index in [1.807, 2.05) is 23.1 Å². The number of aromatic nitrogens is 2. The first-order valence-electron chi connectivity index (χ1n) is 10.8. The number of methoxy groups -OCH3 is 1. The van der Waals surface area contributed by atoms with E-state index < -0.39 is 0 Å². The number of ether oxygens (including phenoxy) is 1. The second kappa shape index (κ2) is 8.43. The number of nitrogens with zero attached hydrogens (tertiary/aromatic N) is 3. The molecule has 31 heavy (non-hydrogen) atoms. The molecule has 3 heterocycles. The highest BCUT2D eigenvalue weighted by Gasteiger charge is 2.25. The van der Waals surface area contributed by atoms with Gasteiger partial charge in [-0.2, -0.15) is 0 Å². The molecule has 0 bridgehead atoms. The van der Waals surface area contributed by atoms with E-state index in [0.717, 1.165) is 42.6 Å². The second-order valence-electron chi connectivity index (χ2n) is 8.17. The number of para-hydroxylation sites is 1. The smallest absolute Gasteiger partial charge is 0.259 e. The third kappa shape index (κ3) is 3.85. The van der Waals surface area contributed by atoms with Crippen molar-refractivity contribution in [3.63, 3.8) is 0 Å². The van der Waals surface area contributed by atoms with E-state index in [4.69, 9.17) is 9.72 Å². The van der Waals surface area contributed by atoms with E-state index in [1.54, 1.807) is 24.5 Å². The molecular weight excluding hydrogens is 412 g/mol. The molecule has 0 unspecified atom stereocenters. The van der Waals surface area contributed by atoms with Crippen molar-refractivity contribution in [1.82, 2.24) is 19.8 Å². The van der Waals surface area contributed by atoms with Gasteiger partial charge in [0.15, 0.2) is 0 Å². The lowest BCUT2D eigenvalue weighted by molar-refractivity contribution is 0.0622. The highest BCUT2D eigenvalue weighted by Crippen LogP contribution is 2.33. The number of H-pyrrole nitrogens is 1. The zero-order valence-corrected chi connectivity index (χ0v) is 18.5. The average molecular weight is 439 g/mol. The Labute approximate surface area is 184 Å². The number of carbonyl (C=O) groups excluding carboxylic acids is 1. The predicted octanol–water partition coefficient (Wildman–Crippen LogP) is 2.83. The zero-order valence-electron chi connectivity index (χ0n) is 17.6. The molecule has 2 aromatic heterocycles. The number of hydrogen-bond donors (Lipinski definition) is 1. The van der Waals surface area contributed by atoms with Crippen molar-refractivity contribution in [1.29, 1.82) is 0 Å². The lowest BCUT2D eigenvalue weighted by Crippen LogP contribution is -2.48. The monoisotopic (exact) mass is 438 g/mol. The first kappa shape index (κ1) is 20.2. The van der Waals surface area contributed by atoms with Gasteiger partial charge in [-0.1, -0.05) is 12.1 Å². The molecular formula is C23H26N4O3S. The number of rotatable bonds is 4. The molecule has 1 saturated heterocycles. The van der Waals surface area contributed by atoms with Crippen LogP contribution in [0.2, 0.25) is 0 Å². The lowest BCUT2D eigenvalue weighted by Gasteiger charge is -2.34. The van der Waals surface area contributed by atoms with Crippen LogP contribution in [0, 0.1) is 0 Å². The highest BCUT2D eigenvalue weighted by atomic mass is 32.1. The normalized spacial score (nSPS) is 17.0. The summed E-state index contributed by atoms with van der Waals surface area (Å²) >= 11 is 1.68. The van der Waals surface area contributed by atoms with Gasteiger partial charge in [-0.15, -0.1) is 11.3 Å². The Hall–Kier alpha value is -2.71. The minimum absolute atomic E-state index is 0.00535. The SMILES string of the molecule is COc1ccccc1C(=O)N1CCN(Cc2nc3sc4c(c3c(=O)[nH]2)CCCC4)CC1. The van der Waals surface area contributed by atoms with E-state index in [2.05, 4.69) is 9.88 Å². The van der Waals surface area contributed by atoms with Crippen molar-refractivity contribution in [2.75, 3.05) is 33.3 Å². The first-order valence-corrected chi connectivity index (χ1v) is 11.6. The molecule has 1 N–H and O–H groups in total. The largest absolute Gasteiger partial charge is 0.496 e. The number of amides is 1. The molecule has 3 aromatic rings. The van der Waals surface area contributed by atoms with Gasteiger partial charge in [-0.25, -0.2) is 4.98 Å². The molecule has 1 fully saturated rings. The molecule has 0 spiro atoms. The van der Waals surface area contributed by atoms with Crippen molar-refractivity contribution in [2.45, 2.75) is 32.2 Å². The first-order chi connectivity index (χ1) is 15.1. The summed E-state index contributed by atoms with van der Waals surface area (Å²) in [5.41, 5.74) is 1.80. The fourth-order valence-corrected chi connectivity index (χ4v) is 5.88. The number of hydrogen-bond acceptors (Lipinski definition) is 6. The van der Waals surface area contributed by atoms with E-state index in [0.29, 0.717) is 36.8 Å². The molecule has 8 heteroatoms. The van der Waals surface area contributed by atoms with Crippen LogP contribution >= 0.6 is 11.3 Å². The Morgan fingerprint density at radius 3 is 2.74 bits per heavy atom. The Morgan fingerprint density at radius 1 is 1.16 bits per heavy atom. The van der Waals surface area contributed by atoms with Crippen LogP contribution in [0.4, 0.5) is 0 Å². The summed E-state index contributed by atoms with van der Waals surface area (Å²) in [5, 5.41) is 0.802.